The Morgan fingerprint density at radius 3 is 2.13 bits per heavy atom. The standard InChI is InChI=1S/C20H23NO2/c1-14(2)18-12-17(10-11-19(18)22-5)23-16-8-6-15(7-9-16)20(3,4)13-21/h6-12,14H,1-5H3. The maximum Gasteiger partial charge on any atom is 0.127 e. The minimum Gasteiger partial charge on any atom is -0.496 e. The van der Waals surface area contributed by atoms with E-state index in [1.165, 1.54) is 0 Å². The highest BCUT2D eigenvalue weighted by molar-refractivity contribution is 5.44. The predicted molar refractivity (Wildman–Crippen MR) is 92.2 cm³/mol. The van der Waals surface area contributed by atoms with E-state index in [0.29, 0.717) is 5.92 Å². The third-order valence-corrected chi connectivity index (χ3v) is 3.91. The number of benzene rings is 2. The van der Waals surface area contributed by atoms with Crippen molar-refractivity contribution in [1.82, 2.24) is 0 Å². The molecule has 0 N–H and O–H groups in total. The van der Waals surface area contributed by atoms with Gasteiger partial charge in [0.1, 0.15) is 17.2 Å². The van der Waals surface area contributed by atoms with E-state index >= 15 is 0 Å². The second kappa shape index (κ2) is 6.75. The van der Waals surface area contributed by atoms with E-state index in [1.54, 1.807) is 7.11 Å². The molecule has 3 heteroatoms. The van der Waals surface area contributed by atoms with E-state index in [0.717, 1.165) is 28.4 Å². The van der Waals surface area contributed by atoms with Crippen molar-refractivity contribution < 1.29 is 9.47 Å². The number of hydrogen-bond donors (Lipinski definition) is 0. The van der Waals surface area contributed by atoms with Crippen molar-refractivity contribution in [2.24, 2.45) is 0 Å². The number of hydrogen-bond acceptors (Lipinski definition) is 3. The number of ether oxygens (including phenoxy) is 2. The second-order valence-electron chi connectivity index (χ2n) is 6.42. The van der Waals surface area contributed by atoms with Crippen LogP contribution in [0.2, 0.25) is 0 Å². The number of methoxy groups -OCH3 is 1. The lowest BCUT2D eigenvalue weighted by Gasteiger charge is -2.17. The molecule has 0 atom stereocenters. The highest BCUT2D eigenvalue weighted by atomic mass is 16.5. The van der Waals surface area contributed by atoms with Gasteiger partial charge in [0, 0.05) is 5.56 Å². The zero-order valence-electron chi connectivity index (χ0n) is 14.4. The van der Waals surface area contributed by atoms with Crippen LogP contribution < -0.4 is 9.47 Å². The summed E-state index contributed by atoms with van der Waals surface area (Å²) in [6.45, 7) is 8.06. The monoisotopic (exact) mass is 309 g/mol. The molecule has 0 unspecified atom stereocenters. The summed E-state index contributed by atoms with van der Waals surface area (Å²) < 4.78 is 11.3. The first-order chi connectivity index (χ1) is 10.9. The highest BCUT2D eigenvalue weighted by Crippen LogP contribution is 2.33. The Hall–Kier alpha value is -2.47. The van der Waals surface area contributed by atoms with Crippen LogP contribution in [0.4, 0.5) is 0 Å². The van der Waals surface area contributed by atoms with Crippen molar-refractivity contribution in [3.63, 3.8) is 0 Å². The zero-order chi connectivity index (χ0) is 17.0. The van der Waals surface area contributed by atoms with Crippen LogP contribution in [0.1, 0.15) is 44.7 Å². The lowest BCUT2D eigenvalue weighted by Crippen LogP contribution is -2.13. The molecule has 0 aromatic heterocycles. The average molecular weight is 309 g/mol. The Kier molecular flexibility index (Phi) is 4.95. The van der Waals surface area contributed by atoms with Crippen molar-refractivity contribution in [2.75, 3.05) is 7.11 Å². The number of rotatable bonds is 5. The number of nitrogens with zero attached hydrogens (tertiary/aromatic N) is 1. The zero-order valence-corrected chi connectivity index (χ0v) is 14.4. The molecule has 0 aliphatic heterocycles. The molecule has 0 radical (unpaired) electrons. The smallest absolute Gasteiger partial charge is 0.127 e. The van der Waals surface area contributed by atoms with Crippen LogP contribution in [0.15, 0.2) is 42.5 Å². The summed E-state index contributed by atoms with van der Waals surface area (Å²) in [5, 5.41) is 9.19. The van der Waals surface area contributed by atoms with Crippen molar-refractivity contribution in [2.45, 2.75) is 39.0 Å². The van der Waals surface area contributed by atoms with Gasteiger partial charge in [0.05, 0.1) is 18.6 Å². The number of nitriles is 1. The van der Waals surface area contributed by atoms with Gasteiger partial charge in [-0.25, -0.2) is 0 Å². The third-order valence-electron chi connectivity index (χ3n) is 3.91. The Bertz CT molecular complexity index is 709. The largest absolute Gasteiger partial charge is 0.496 e. The van der Waals surface area contributed by atoms with Crippen LogP contribution >= 0.6 is 0 Å². The Labute approximate surface area is 138 Å². The van der Waals surface area contributed by atoms with E-state index < -0.39 is 5.41 Å². The lowest BCUT2D eigenvalue weighted by molar-refractivity contribution is 0.405. The SMILES string of the molecule is COc1ccc(Oc2ccc(C(C)(C)C#N)cc2)cc1C(C)C. The molecule has 0 saturated heterocycles. The summed E-state index contributed by atoms with van der Waals surface area (Å²) >= 11 is 0. The van der Waals surface area contributed by atoms with Crippen LogP contribution in [0.25, 0.3) is 0 Å². The fourth-order valence-corrected chi connectivity index (χ4v) is 2.37. The lowest BCUT2D eigenvalue weighted by atomic mass is 9.86. The Morgan fingerprint density at radius 2 is 1.61 bits per heavy atom. The third kappa shape index (κ3) is 3.84. The van der Waals surface area contributed by atoms with Gasteiger partial charge in [-0.1, -0.05) is 26.0 Å². The molecule has 2 rings (SSSR count). The van der Waals surface area contributed by atoms with Crippen LogP contribution in [-0.4, -0.2) is 7.11 Å². The van der Waals surface area contributed by atoms with Gasteiger partial charge in [0.2, 0.25) is 0 Å². The first-order valence-electron chi connectivity index (χ1n) is 7.75. The minimum atomic E-state index is -0.497. The minimum absolute atomic E-state index is 0.354. The molecular weight excluding hydrogens is 286 g/mol. The Balaban J connectivity index is 2.23. The molecule has 0 saturated carbocycles. The summed E-state index contributed by atoms with van der Waals surface area (Å²) in [6.07, 6.45) is 0. The first kappa shape index (κ1) is 16.9. The Morgan fingerprint density at radius 1 is 1.00 bits per heavy atom. The van der Waals surface area contributed by atoms with E-state index in [2.05, 4.69) is 19.9 Å². The summed E-state index contributed by atoms with van der Waals surface area (Å²) in [7, 11) is 1.68. The highest BCUT2D eigenvalue weighted by Gasteiger charge is 2.19. The second-order valence-corrected chi connectivity index (χ2v) is 6.42. The van der Waals surface area contributed by atoms with Crippen LogP contribution in [0.3, 0.4) is 0 Å². The van der Waals surface area contributed by atoms with Gasteiger partial charge < -0.3 is 9.47 Å². The van der Waals surface area contributed by atoms with Gasteiger partial charge in [-0.05, 0) is 55.7 Å². The molecule has 3 nitrogen and oxygen atoms in total. The molecule has 0 bridgehead atoms. The van der Waals surface area contributed by atoms with Crippen molar-refractivity contribution in [1.29, 1.82) is 5.26 Å². The van der Waals surface area contributed by atoms with Crippen LogP contribution in [0, 0.1) is 11.3 Å². The summed E-state index contributed by atoms with van der Waals surface area (Å²) in [5.41, 5.74) is 1.60. The molecule has 0 heterocycles. The van der Waals surface area contributed by atoms with E-state index in [9.17, 15) is 5.26 Å². The van der Waals surface area contributed by atoms with E-state index in [1.807, 2.05) is 56.3 Å². The molecule has 23 heavy (non-hydrogen) atoms. The molecule has 0 aliphatic rings. The topological polar surface area (TPSA) is 42.2 Å². The summed E-state index contributed by atoms with van der Waals surface area (Å²) in [6, 6.07) is 15.8. The van der Waals surface area contributed by atoms with Gasteiger partial charge in [0.15, 0.2) is 0 Å². The van der Waals surface area contributed by atoms with Gasteiger partial charge in [-0.3, -0.25) is 0 Å². The fourth-order valence-electron chi connectivity index (χ4n) is 2.37. The molecule has 2 aromatic rings. The first-order valence-corrected chi connectivity index (χ1v) is 7.75. The molecule has 0 amide bonds. The van der Waals surface area contributed by atoms with Crippen molar-refractivity contribution >= 4 is 0 Å². The van der Waals surface area contributed by atoms with Gasteiger partial charge >= 0.3 is 0 Å². The van der Waals surface area contributed by atoms with Gasteiger partial charge in [-0.15, -0.1) is 0 Å². The molecule has 120 valence electrons. The quantitative estimate of drug-likeness (QED) is 0.741. The molecule has 0 aliphatic carbocycles. The normalized spacial score (nSPS) is 11.2. The molecular formula is C20H23NO2. The van der Waals surface area contributed by atoms with E-state index in [4.69, 9.17) is 9.47 Å². The van der Waals surface area contributed by atoms with E-state index in [-0.39, 0.29) is 0 Å². The maximum atomic E-state index is 9.19. The maximum absolute atomic E-state index is 9.19. The van der Waals surface area contributed by atoms with Gasteiger partial charge in [0.25, 0.3) is 0 Å². The molecule has 0 fully saturated rings. The summed E-state index contributed by atoms with van der Waals surface area (Å²) in [4.78, 5) is 0. The van der Waals surface area contributed by atoms with Gasteiger partial charge in [-0.2, -0.15) is 5.26 Å². The fraction of sp³-hybridized carbons (Fsp3) is 0.350. The van der Waals surface area contributed by atoms with Crippen molar-refractivity contribution in [3.8, 4) is 23.3 Å². The molecule has 0 spiro atoms. The van der Waals surface area contributed by atoms with Crippen LogP contribution in [0.5, 0.6) is 17.2 Å². The molecule has 2 aromatic carbocycles. The predicted octanol–water partition coefficient (Wildman–Crippen LogP) is 5.41. The summed E-state index contributed by atoms with van der Waals surface area (Å²) in [5.74, 6) is 2.76. The van der Waals surface area contributed by atoms with Crippen LogP contribution in [-0.2, 0) is 5.41 Å². The van der Waals surface area contributed by atoms with Crippen molar-refractivity contribution in [3.05, 3.63) is 53.6 Å². The average Bonchev–Trinajstić information content (AvgIpc) is 2.55.